The summed E-state index contributed by atoms with van der Waals surface area (Å²) in [6.07, 6.45) is 4.08. The fraction of sp³-hybridized carbons (Fsp3) is 0.647. The molecule has 2 rings (SSSR count). The summed E-state index contributed by atoms with van der Waals surface area (Å²) in [7, 11) is 0. The maximum Gasteiger partial charge on any atom is 1.00 e. The Hall–Kier alpha value is -0.263. The normalized spacial score (nSPS) is 18.4. The Labute approximate surface area is 136 Å². The first kappa shape index (κ1) is 17.8. The van der Waals surface area contributed by atoms with Gasteiger partial charge in [-0.3, -0.25) is 0 Å². The van der Waals surface area contributed by atoms with Gasteiger partial charge in [-0.25, -0.2) is 0 Å². The Kier molecular flexibility index (Phi) is 7.33. The molecule has 1 unspecified atom stereocenters. The maximum atomic E-state index is 5.03. The van der Waals surface area contributed by atoms with E-state index in [4.69, 9.17) is 5.32 Å². The molecule has 1 aliphatic heterocycles. The standard InChI is InChI=1S/C17H27N2.Li/c1-17(2,3)18-16(15-10-6-4-7-11-15)14-19-12-8-5-9-13-19;/h4,6-7,10-11,16H,5,8-9,12-14H2,1-3H3;/q-1;+1. The van der Waals surface area contributed by atoms with Crippen molar-refractivity contribution in [1.82, 2.24) is 4.90 Å². The first-order chi connectivity index (χ1) is 9.04. The van der Waals surface area contributed by atoms with Gasteiger partial charge in [0.25, 0.3) is 0 Å². The molecule has 0 N–H and O–H groups in total. The van der Waals surface area contributed by atoms with Crippen LogP contribution in [0.3, 0.4) is 0 Å². The smallest absolute Gasteiger partial charge is 0.650 e. The van der Waals surface area contributed by atoms with Crippen molar-refractivity contribution in [3.05, 3.63) is 41.2 Å². The van der Waals surface area contributed by atoms with Crippen LogP contribution in [0.1, 0.15) is 51.6 Å². The van der Waals surface area contributed by atoms with Gasteiger partial charge in [-0.15, -0.1) is 5.54 Å². The Morgan fingerprint density at radius 3 is 2.20 bits per heavy atom. The van der Waals surface area contributed by atoms with Crippen LogP contribution in [-0.2, 0) is 0 Å². The molecule has 0 amide bonds. The van der Waals surface area contributed by atoms with Gasteiger partial charge in [-0.05, 0) is 32.5 Å². The fourth-order valence-corrected chi connectivity index (χ4v) is 2.75. The van der Waals surface area contributed by atoms with Crippen molar-refractivity contribution >= 4 is 0 Å². The predicted octanol–water partition coefficient (Wildman–Crippen LogP) is 1.39. The first-order valence-electron chi connectivity index (χ1n) is 7.54. The summed E-state index contributed by atoms with van der Waals surface area (Å²) in [5.41, 5.74) is 1.37. The van der Waals surface area contributed by atoms with E-state index < -0.39 is 0 Å². The average molecular weight is 266 g/mol. The maximum absolute atomic E-state index is 5.03. The number of nitrogens with zero attached hydrogens (tertiary/aromatic N) is 2. The summed E-state index contributed by atoms with van der Waals surface area (Å²) in [6.45, 7) is 10.1. The monoisotopic (exact) mass is 266 g/mol. The van der Waals surface area contributed by atoms with Crippen LogP contribution >= 0.6 is 0 Å². The fourth-order valence-electron chi connectivity index (χ4n) is 2.75. The third kappa shape index (κ3) is 6.02. The van der Waals surface area contributed by atoms with Crippen LogP contribution < -0.4 is 18.9 Å². The number of hydrogen-bond acceptors (Lipinski definition) is 1. The molecule has 2 nitrogen and oxygen atoms in total. The molecule has 106 valence electrons. The molecule has 0 saturated carbocycles. The van der Waals surface area contributed by atoms with E-state index in [1.54, 1.807) is 0 Å². The quantitative estimate of drug-likeness (QED) is 0.753. The zero-order valence-electron chi connectivity index (χ0n) is 13.6. The number of rotatable bonds is 4. The number of hydrogen-bond donors (Lipinski definition) is 0. The molecule has 3 heteroatoms. The molecule has 1 atom stereocenters. The van der Waals surface area contributed by atoms with E-state index >= 15 is 0 Å². The van der Waals surface area contributed by atoms with Crippen molar-refractivity contribution in [2.45, 2.75) is 51.6 Å². The van der Waals surface area contributed by atoms with Crippen molar-refractivity contribution < 1.29 is 18.9 Å². The number of likely N-dealkylation sites (tertiary alicyclic amines) is 1. The second-order valence-electron chi connectivity index (χ2n) is 6.59. The largest absolute Gasteiger partial charge is 1.00 e. The summed E-state index contributed by atoms with van der Waals surface area (Å²) < 4.78 is 0. The summed E-state index contributed by atoms with van der Waals surface area (Å²) in [5.74, 6) is 0. The summed E-state index contributed by atoms with van der Waals surface area (Å²) >= 11 is 0. The molecular formula is C17H27LiN2. The molecule has 1 aromatic carbocycles. The third-order valence-electron chi connectivity index (χ3n) is 3.61. The third-order valence-corrected chi connectivity index (χ3v) is 3.61. The molecule has 1 aliphatic rings. The zero-order chi connectivity index (χ0) is 13.7. The second-order valence-corrected chi connectivity index (χ2v) is 6.59. The van der Waals surface area contributed by atoms with Crippen LogP contribution in [-0.4, -0.2) is 30.1 Å². The van der Waals surface area contributed by atoms with Gasteiger partial charge < -0.3 is 10.2 Å². The van der Waals surface area contributed by atoms with Crippen molar-refractivity contribution in [2.24, 2.45) is 0 Å². The van der Waals surface area contributed by atoms with Gasteiger partial charge in [-0.1, -0.05) is 69.1 Å². The molecule has 0 aromatic heterocycles. The van der Waals surface area contributed by atoms with Gasteiger partial charge in [-0.2, -0.15) is 0 Å². The van der Waals surface area contributed by atoms with Crippen molar-refractivity contribution in [1.29, 1.82) is 0 Å². The van der Waals surface area contributed by atoms with Gasteiger partial charge in [0, 0.05) is 0 Å². The van der Waals surface area contributed by atoms with E-state index in [9.17, 15) is 0 Å². The van der Waals surface area contributed by atoms with E-state index in [2.05, 4.69) is 56.0 Å². The van der Waals surface area contributed by atoms with E-state index in [-0.39, 0.29) is 24.4 Å². The minimum absolute atomic E-state index is 0. The van der Waals surface area contributed by atoms with Gasteiger partial charge in [0.2, 0.25) is 0 Å². The molecule has 0 aliphatic carbocycles. The van der Waals surface area contributed by atoms with Gasteiger partial charge >= 0.3 is 18.9 Å². The molecule has 1 aromatic rings. The molecular weight excluding hydrogens is 239 g/mol. The molecule has 1 saturated heterocycles. The second kappa shape index (κ2) is 8.25. The Morgan fingerprint density at radius 1 is 1.05 bits per heavy atom. The topological polar surface area (TPSA) is 17.3 Å². The first-order valence-corrected chi connectivity index (χ1v) is 7.54. The molecule has 20 heavy (non-hydrogen) atoms. The Bertz CT molecular complexity index is 366. The molecule has 0 radical (unpaired) electrons. The van der Waals surface area contributed by atoms with Crippen LogP contribution in [0.5, 0.6) is 0 Å². The van der Waals surface area contributed by atoms with E-state index in [0.717, 1.165) is 6.54 Å². The molecule has 1 fully saturated rings. The minimum atomic E-state index is 0. The predicted molar refractivity (Wildman–Crippen MR) is 82.6 cm³/mol. The molecule has 1 heterocycles. The van der Waals surface area contributed by atoms with Crippen molar-refractivity contribution in [3.63, 3.8) is 0 Å². The van der Waals surface area contributed by atoms with E-state index in [0.29, 0.717) is 6.04 Å². The average Bonchev–Trinajstić information content (AvgIpc) is 2.39. The SMILES string of the molecule is CC(C)(C)[N-]C(CN1CCCCC1)c1ccccc1.[Li+]. The van der Waals surface area contributed by atoms with E-state index in [1.807, 2.05) is 0 Å². The molecule has 0 spiro atoms. The van der Waals surface area contributed by atoms with E-state index in [1.165, 1.54) is 37.9 Å². The van der Waals surface area contributed by atoms with Crippen LogP contribution in [0.15, 0.2) is 30.3 Å². The summed E-state index contributed by atoms with van der Waals surface area (Å²) in [4.78, 5) is 2.58. The van der Waals surface area contributed by atoms with Crippen LogP contribution in [0.4, 0.5) is 0 Å². The van der Waals surface area contributed by atoms with Crippen LogP contribution in [0.25, 0.3) is 5.32 Å². The summed E-state index contributed by atoms with van der Waals surface area (Å²) in [6, 6.07) is 11.1. The van der Waals surface area contributed by atoms with Gasteiger partial charge in [0.15, 0.2) is 0 Å². The van der Waals surface area contributed by atoms with Crippen LogP contribution in [0.2, 0.25) is 0 Å². The van der Waals surface area contributed by atoms with Crippen molar-refractivity contribution in [3.8, 4) is 0 Å². The Balaban J connectivity index is 0.00000200. The minimum Gasteiger partial charge on any atom is -0.650 e. The summed E-state index contributed by atoms with van der Waals surface area (Å²) in [5, 5.41) is 5.03. The van der Waals surface area contributed by atoms with Gasteiger partial charge in [0.1, 0.15) is 0 Å². The zero-order valence-corrected chi connectivity index (χ0v) is 13.6. The van der Waals surface area contributed by atoms with Crippen molar-refractivity contribution in [2.75, 3.05) is 19.6 Å². The Morgan fingerprint density at radius 2 is 1.65 bits per heavy atom. The van der Waals surface area contributed by atoms with Crippen LogP contribution in [0, 0.1) is 0 Å². The molecule has 0 bridgehead atoms. The van der Waals surface area contributed by atoms with Gasteiger partial charge in [0.05, 0.1) is 0 Å². The number of piperidine rings is 1. The number of benzene rings is 1.